The zero-order chi connectivity index (χ0) is 13.1. The number of nitro groups is 1. The molecule has 7 heteroatoms. The van der Waals surface area contributed by atoms with Crippen molar-refractivity contribution < 1.29 is 14.1 Å². The van der Waals surface area contributed by atoms with Crippen molar-refractivity contribution in [2.75, 3.05) is 19.7 Å². The van der Waals surface area contributed by atoms with Gasteiger partial charge in [0.25, 0.3) is 0 Å². The first-order chi connectivity index (χ1) is 8.58. The molecule has 1 fully saturated rings. The van der Waals surface area contributed by atoms with E-state index in [-0.39, 0.29) is 15.0 Å². The van der Waals surface area contributed by atoms with Gasteiger partial charge < -0.3 is 10.1 Å². The van der Waals surface area contributed by atoms with Crippen LogP contribution in [-0.4, -0.2) is 24.6 Å². The highest BCUT2D eigenvalue weighted by atomic mass is 127. The summed E-state index contributed by atoms with van der Waals surface area (Å²) in [5.41, 5.74) is -0.188. The Hall–Kier alpha value is -0.960. The first-order valence-electron chi connectivity index (χ1n) is 5.55. The maximum Gasteiger partial charge on any atom is 0.312 e. The van der Waals surface area contributed by atoms with Crippen molar-refractivity contribution in [3.8, 4) is 5.75 Å². The first kappa shape index (κ1) is 13.5. The molecule has 1 atom stereocenters. The molecular formula is C11H12FIN2O3. The van der Waals surface area contributed by atoms with Crippen molar-refractivity contribution in [1.82, 2.24) is 5.32 Å². The number of ether oxygens (including phenoxy) is 1. The van der Waals surface area contributed by atoms with E-state index in [1.807, 2.05) is 0 Å². The third kappa shape index (κ3) is 3.08. The molecule has 1 saturated heterocycles. The van der Waals surface area contributed by atoms with Crippen LogP contribution in [0.15, 0.2) is 12.1 Å². The minimum absolute atomic E-state index is 0.00446. The summed E-state index contributed by atoms with van der Waals surface area (Å²) in [4.78, 5) is 10.3. The van der Waals surface area contributed by atoms with Gasteiger partial charge in [-0.1, -0.05) is 0 Å². The summed E-state index contributed by atoms with van der Waals surface area (Å²) < 4.78 is 19.0. The Bertz CT molecular complexity index is 464. The van der Waals surface area contributed by atoms with Gasteiger partial charge in [0.2, 0.25) is 0 Å². The fourth-order valence-corrected chi connectivity index (χ4v) is 2.29. The SMILES string of the molecule is O=[N+]([O-])c1cc(I)c(F)cc1OCC1CCNC1. The molecule has 1 N–H and O–H groups in total. The number of nitrogens with zero attached hydrogens (tertiary/aromatic N) is 1. The monoisotopic (exact) mass is 366 g/mol. The summed E-state index contributed by atoms with van der Waals surface area (Å²) in [6.45, 7) is 2.13. The van der Waals surface area contributed by atoms with Gasteiger partial charge >= 0.3 is 5.69 Å². The minimum atomic E-state index is -0.552. The van der Waals surface area contributed by atoms with Crippen molar-refractivity contribution in [2.45, 2.75) is 6.42 Å². The number of nitrogens with one attached hydrogen (secondary N) is 1. The smallest absolute Gasteiger partial charge is 0.312 e. The molecule has 1 aliphatic heterocycles. The molecule has 18 heavy (non-hydrogen) atoms. The van der Waals surface area contributed by atoms with E-state index in [2.05, 4.69) is 5.32 Å². The molecule has 1 aromatic carbocycles. The van der Waals surface area contributed by atoms with Crippen LogP contribution in [0.4, 0.5) is 10.1 Å². The molecule has 1 aromatic rings. The van der Waals surface area contributed by atoms with E-state index in [0.717, 1.165) is 25.6 Å². The van der Waals surface area contributed by atoms with Gasteiger partial charge in [-0.3, -0.25) is 10.1 Å². The average molecular weight is 366 g/mol. The fraction of sp³-hybridized carbons (Fsp3) is 0.455. The lowest BCUT2D eigenvalue weighted by Crippen LogP contribution is -2.16. The molecule has 0 bridgehead atoms. The summed E-state index contributed by atoms with van der Waals surface area (Å²) in [5.74, 6) is -0.169. The van der Waals surface area contributed by atoms with Crippen LogP contribution in [-0.2, 0) is 0 Å². The van der Waals surface area contributed by atoms with Gasteiger partial charge in [0.05, 0.1) is 15.1 Å². The van der Waals surface area contributed by atoms with E-state index in [1.165, 1.54) is 6.07 Å². The second-order valence-electron chi connectivity index (χ2n) is 4.16. The van der Waals surface area contributed by atoms with Crippen LogP contribution in [0.1, 0.15) is 6.42 Å². The molecule has 1 unspecified atom stereocenters. The van der Waals surface area contributed by atoms with E-state index in [4.69, 9.17) is 4.74 Å². The lowest BCUT2D eigenvalue weighted by molar-refractivity contribution is -0.386. The van der Waals surface area contributed by atoms with Crippen molar-refractivity contribution >= 4 is 28.3 Å². The van der Waals surface area contributed by atoms with Crippen molar-refractivity contribution in [1.29, 1.82) is 0 Å². The minimum Gasteiger partial charge on any atom is -0.486 e. The quantitative estimate of drug-likeness (QED) is 0.505. The lowest BCUT2D eigenvalue weighted by Gasteiger charge is -2.11. The summed E-state index contributed by atoms with van der Waals surface area (Å²) in [5, 5.41) is 14.0. The number of rotatable bonds is 4. The largest absolute Gasteiger partial charge is 0.486 e. The summed E-state index contributed by atoms with van der Waals surface area (Å²) in [6, 6.07) is 2.28. The van der Waals surface area contributed by atoms with Gasteiger partial charge in [-0.15, -0.1) is 0 Å². The highest BCUT2D eigenvalue weighted by molar-refractivity contribution is 14.1. The van der Waals surface area contributed by atoms with Gasteiger partial charge in [0, 0.05) is 24.6 Å². The third-order valence-corrected chi connectivity index (χ3v) is 3.66. The molecule has 98 valence electrons. The number of hydrogen-bond donors (Lipinski definition) is 1. The van der Waals surface area contributed by atoms with Gasteiger partial charge in [0.1, 0.15) is 5.82 Å². The van der Waals surface area contributed by atoms with Gasteiger partial charge in [-0.05, 0) is 35.6 Å². The Morgan fingerprint density at radius 3 is 3.00 bits per heavy atom. The van der Waals surface area contributed by atoms with Crippen LogP contribution in [0.2, 0.25) is 0 Å². The zero-order valence-corrected chi connectivity index (χ0v) is 11.6. The van der Waals surface area contributed by atoms with Gasteiger partial charge in [-0.25, -0.2) is 4.39 Å². The van der Waals surface area contributed by atoms with Crippen molar-refractivity contribution in [2.24, 2.45) is 5.92 Å². The van der Waals surface area contributed by atoms with E-state index < -0.39 is 10.7 Å². The van der Waals surface area contributed by atoms with E-state index in [9.17, 15) is 14.5 Å². The van der Waals surface area contributed by atoms with Crippen LogP contribution in [0, 0.1) is 25.4 Å². The average Bonchev–Trinajstić information content (AvgIpc) is 2.83. The highest BCUT2D eigenvalue weighted by Gasteiger charge is 2.21. The molecular weight excluding hydrogens is 354 g/mol. The Kier molecular flexibility index (Phi) is 4.33. The third-order valence-electron chi connectivity index (χ3n) is 2.84. The maximum absolute atomic E-state index is 13.4. The second kappa shape index (κ2) is 5.79. The molecule has 0 saturated carbocycles. The molecule has 2 rings (SSSR count). The van der Waals surface area contributed by atoms with E-state index in [0.29, 0.717) is 12.5 Å². The second-order valence-corrected chi connectivity index (χ2v) is 5.32. The van der Waals surface area contributed by atoms with Gasteiger partial charge in [-0.2, -0.15) is 0 Å². The topological polar surface area (TPSA) is 64.4 Å². The molecule has 0 aliphatic carbocycles. The summed E-state index contributed by atoms with van der Waals surface area (Å²) in [7, 11) is 0. The molecule has 0 radical (unpaired) electrons. The van der Waals surface area contributed by atoms with Crippen molar-refractivity contribution in [3.05, 3.63) is 31.6 Å². The maximum atomic E-state index is 13.4. The van der Waals surface area contributed by atoms with Crippen LogP contribution in [0.25, 0.3) is 0 Å². The Balaban J connectivity index is 2.14. The molecule has 1 aliphatic rings. The van der Waals surface area contributed by atoms with Crippen LogP contribution in [0.5, 0.6) is 5.75 Å². The lowest BCUT2D eigenvalue weighted by atomic mass is 10.1. The predicted molar refractivity (Wildman–Crippen MR) is 72.2 cm³/mol. The number of nitro benzene ring substituents is 1. The first-order valence-corrected chi connectivity index (χ1v) is 6.62. The number of hydrogen-bond acceptors (Lipinski definition) is 4. The normalized spacial score (nSPS) is 18.9. The van der Waals surface area contributed by atoms with Crippen LogP contribution >= 0.6 is 22.6 Å². The number of halogens is 2. The molecule has 0 amide bonds. The molecule has 0 spiro atoms. The predicted octanol–water partition coefficient (Wildman–Crippen LogP) is 2.33. The Morgan fingerprint density at radius 1 is 1.61 bits per heavy atom. The van der Waals surface area contributed by atoms with Crippen molar-refractivity contribution in [3.63, 3.8) is 0 Å². The zero-order valence-electron chi connectivity index (χ0n) is 9.49. The molecule has 5 nitrogen and oxygen atoms in total. The Labute approximate surface area is 117 Å². The van der Waals surface area contributed by atoms with E-state index >= 15 is 0 Å². The Morgan fingerprint density at radius 2 is 2.39 bits per heavy atom. The summed E-state index contributed by atoms with van der Waals surface area (Å²) >= 11 is 1.72. The summed E-state index contributed by atoms with van der Waals surface area (Å²) in [6.07, 6.45) is 0.973. The van der Waals surface area contributed by atoms with Crippen LogP contribution in [0.3, 0.4) is 0 Å². The number of benzene rings is 1. The van der Waals surface area contributed by atoms with Gasteiger partial charge in [0.15, 0.2) is 5.75 Å². The highest BCUT2D eigenvalue weighted by Crippen LogP contribution is 2.31. The molecule has 0 aromatic heterocycles. The van der Waals surface area contributed by atoms with Crippen LogP contribution < -0.4 is 10.1 Å². The molecule has 1 heterocycles. The van der Waals surface area contributed by atoms with E-state index in [1.54, 1.807) is 22.6 Å². The fourth-order valence-electron chi connectivity index (χ4n) is 1.84. The standard InChI is InChI=1S/C11H12FIN2O3/c12-8-3-11(10(15(16)17)4-9(8)13)18-6-7-1-2-14-5-7/h3-4,7,14H,1-2,5-6H2.